The van der Waals surface area contributed by atoms with Crippen molar-refractivity contribution in [3.8, 4) is 0 Å². The molecule has 0 aliphatic carbocycles. The third-order valence-electron chi connectivity index (χ3n) is 4.32. The van der Waals surface area contributed by atoms with E-state index in [0.717, 1.165) is 5.69 Å². The van der Waals surface area contributed by atoms with Crippen molar-refractivity contribution in [2.45, 2.75) is 26.9 Å². The van der Waals surface area contributed by atoms with Gasteiger partial charge in [0.2, 0.25) is 5.78 Å². The number of ether oxygens (including phenoxy) is 2. The molecular formula is C20H24N2O5. The highest BCUT2D eigenvalue weighted by Crippen LogP contribution is 2.21. The van der Waals surface area contributed by atoms with Gasteiger partial charge in [0, 0.05) is 25.5 Å². The number of hydrogen-bond donors (Lipinski definition) is 1. The highest BCUT2D eigenvalue weighted by Gasteiger charge is 2.27. The summed E-state index contributed by atoms with van der Waals surface area (Å²) in [5, 5.41) is 0. The number of benzene rings is 1. The summed E-state index contributed by atoms with van der Waals surface area (Å²) in [6.45, 7) is 4.83. The molecule has 0 fully saturated rings. The van der Waals surface area contributed by atoms with Crippen molar-refractivity contribution in [1.82, 2.24) is 4.98 Å². The predicted molar refractivity (Wildman–Crippen MR) is 102 cm³/mol. The van der Waals surface area contributed by atoms with Crippen molar-refractivity contribution in [2.24, 2.45) is 0 Å². The fourth-order valence-corrected chi connectivity index (χ4v) is 2.80. The van der Waals surface area contributed by atoms with Crippen LogP contribution in [-0.2, 0) is 9.47 Å². The highest BCUT2D eigenvalue weighted by molar-refractivity contribution is 6.04. The zero-order valence-electron chi connectivity index (χ0n) is 16.4. The Balaban J connectivity index is 2.20. The Labute approximate surface area is 158 Å². The van der Waals surface area contributed by atoms with E-state index in [1.165, 1.54) is 14.0 Å². The van der Waals surface area contributed by atoms with Gasteiger partial charge in [-0.3, -0.25) is 4.79 Å². The third kappa shape index (κ3) is 4.19. The van der Waals surface area contributed by atoms with Crippen molar-refractivity contribution >= 4 is 23.4 Å². The molecule has 0 aliphatic heterocycles. The first-order chi connectivity index (χ1) is 12.7. The maximum Gasteiger partial charge on any atom is 0.339 e. The van der Waals surface area contributed by atoms with E-state index >= 15 is 0 Å². The number of carbonyl (C=O) groups excluding carboxylic acids is 3. The van der Waals surface area contributed by atoms with E-state index in [4.69, 9.17) is 9.47 Å². The minimum absolute atomic E-state index is 0.232. The predicted octanol–water partition coefficient (Wildman–Crippen LogP) is 2.91. The summed E-state index contributed by atoms with van der Waals surface area (Å²) in [6, 6.07) is 6.94. The second-order valence-electron chi connectivity index (χ2n) is 6.47. The molecule has 1 unspecified atom stereocenters. The van der Waals surface area contributed by atoms with Crippen LogP contribution in [0.4, 0.5) is 5.69 Å². The van der Waals surface area contributed by atoms with Crippen LogP contribution in [0.2, 0.25) is 0 Å². The number of Topliss-reactive ketones (excluding diaryl/α,β-unsaturated/α-hetero) is 1. The Morgan fingerprint density at radius 2 is 1.78 bits per heavy atom. The number of rotatable bonds is 6. The van der Waals surface area contributed by atoms with Gasteiger partial charge >= 0.3 is 11.9 Å². The molecule has 0 saturated heterocycles. The van der Waals surface area contributed by atoms with Crippen molar-refractivity contribution in [3.05, 3.63) is 52.3 Å². The summed E-state index contributed by atoms with van der Waals surface area (Å²) in [5.41, 5.74) is 2.76. The molecule has 144 valence electrons. The summed E-state index contributed by atoms with van der Waals surface area (Å²) in [4.78, 5) is 41.7. The topological polar surface area (TPSA) is 88.7 Å². The van der Waals surface area contributed by atoms with Crippen LogP contribution in [0.15, 0.2) is 24.3 Å². The van der Waals surface area contributed by atoms with E-state index in [-0.39, 0.29) is 5.69 Å². The lowest BCUT2D eigenvalue weighted by Crippen LogP contribution is -2.25. The van der Waals surface area contributed by atoms with Crippen molar-refractivity contribution in [3.63, 3.8) is 0 Å². The first kappa shape index (κ1) is 20.2. The number of carbonyl (C=O) groups is 3. The van der Waals surface area contributed by atoms with E-state index in [1.54, 1.807) is 32.0 Å². The number of ketones is 1. The van der Waals surface area contributed by atoms with Crippen molar-refractivity contribution in [2.75, 3.05) is 26.1 Å². The first-order valence-corrected chi connectivity index (χ1v) is 8.47. The van der Waals surface area contributed by atoms with Gasteiger partial charge in [-0.2, -0.15) is 0 Å². The molecule has 1 N–H and O–H groups in total. The maximum atomic E-state index is 12.7. The highest BCUT2D eigenvalue weighted by atomic mass is 16.5. The average Bonchev–Trinajstić information content (AvgIpc) is 2.94. The Bertz CT molecular complexity index is 882. The molecule has 7 heteroatoms. The Morgan fingerprint density at radius 1 is 1.11 bits per heavy atom. The molecule has 1 atom stereocenters. The van der Waals surface area contributed by atoms with Crippen LogP contribution >= 0.6 is 0 Å². The van der Waals surface area contributed by atoms with Gasteiger partial charge in [0.1, 0.15) is 0 Å². The quantitative estimate of drug-likeness (QED) is 0.620. The van der Waals surface area contributed by atoms with Crippen molar-refractivity contribution < 1.29 is 23.9 Å². The number of aromatic nitrogens is 1. The van der Waals surface area contributed by atoms with Crippen LogP contribution in [0.3, 0.4) is 0 Å². The summed E-state index contributed by atoms with van der Waals surface area (Å²) >= 11 is 0. The van der Waals surface area contributed by atoms with Gasteiger partial charge in [0.25, 0.3) is 0 Å². The number of aromatic amines is 1. The van der Waals surface area contributed by atoms with E-state index in [2.05, 4.69) is 4.98 Å². The van der Waals surface area contributed by atoms with Gasteiger partial charge in [0.05, 0.1) is 23.9 Å². The van der Waals surface area contributed by atoms with Crippen LogP contribution in [0.25, 0.3) is 0 Å². The molecule has 1 aromatic heterocycles. The van der Waals surface area contributed by atoms with E-state index in [0.29, 0.717) is 22.4 Å². The van der Waals surface area contributed by atoms with Gasteiger partial charge in [-0.15, -0.1) is 0 Å². The lowest BCUT2D eigenvalue weighted by molar-refractivity contribution is 0.0317. The zero-order chi connectivity index (χ0) is 20.3. The van der Waals surface area contributed by atoms with Gasteiger partial charge in [-0.1, -0.05) is 6.07 Å². The molecule has 0 amide bonds. The SMILES string of the molecule is COC(=O)c1c(C)[nH]c(C(=O)C(C)OC(=O)c2cccc(N(C)C)c2)c1C. The second kappa shape index (κ2) is 8.07. The molecule has 1 heterocycles. The van der Waals surface area contributed by atoms with Crippen LogP contribution < -0.4 is 4.90 Å². The number of esters is 2. The van der Waals surface area contributed by atoms with Crippen molar-refractivity contribution in [1.29, 1.82) is 0 Å². The molecule has 7 nitrogen and oxygen atoms in total. The molecule has 0 spiro atoms. The summed E-state index contributed by atoms with van der Waals surface area (Å²) in [6.07, 6.45) is -1.01. The second-order valence-corrected chi connectivity index (χ2v) is 6.47. The monoisotopic (exact) mass is 372 g/mol. The Kier molecular flexibility index (Phi) is 6.05. The van der Waals surface area contributed by atoms with Gasteiger partial charge in [0.15, 0.2) is 6.10 Å². The zero-order valence-corrected chi connectivity index (χ0v) is 16.4. The molecule has 2 rings (SSSR count). The van der Waals surface area contributed by atoms with Crippen LogP contribution in [0, 0.1) is 13.8 Å². The smallest absolute Gasteiger partial charge is 0.339 e. The lowest BCUT2D eigenvalue weighted by Gasteiger charge is -2.15. The number of hydrogen-bond acceptors (Lipinski definition) is 6. The number of H-pyrrole nitrogens is 1. The lowest BCUT2D eigenvalue weighted by atomic mass is 10.1. The van der Waals surface area contributed by atoms with Gasteiger partial charge in [-0.25, -0.2) is 9.59 Å². The van der Waals surface area contributed by atoms with E-state index < -0.39 is 23.8 Å². The standard InChI is InChI=1S/C20H24N2O5/c1-11-16(20(25)26-6)12(2)21-17(11)18(23)13(3)27-19(24)14-8-7-9-15(10-14)22(4)5/h7-10,13,21H,1-6H3. The third-order valence-corrected chi connectivity index (χ3v) is 4.32. The van der Waals surface area contributed by atoms with Gasteiger partial charge < -0.3 is 19.4 Å². The van der Waals surface area contributed by atoms with E-state index in [1.807, 2.05) is 25.1 Å². The molecule has 0 radical (unpaired) electrons. The molecule has 1 aromatic carbocycles. The fraction of sp³-hybridized carbons (Fsp3) is 0.350. The van der Waals surface area contributed by atoms with Crippen LogP contribution in [0.1, 0.15) is 49.4 Å². The molecule has 2 aromatic rings. The minimum Gasteiger partial charge on any atom is -0.465 e. The molecular weight excluding hydrogens is 348 g/mol. The molecule has 0 aliphatic rings. The van der Waals surface area contributed by atoms with Crippen LogP contribution in [0.5, 0.6) is 0 Å². The Morgan fingerprint density at radius 3 is 2.37 bits per heavy atom. The number of nitrogens with one attached hydrogen (secondary N) is 1. The fourth-order valence-electron chi connectivity index (χ4n) is 2.80. The number of methoxy groups -OCH3 is 1. The molecule has 27 heavy (non-hydrogen) atoms. The summed E-state index contributed by atoms with van der Waals surface area (Å²) in [5.74, 6) is -1.53. The van der Waals surface area contributed by atoms with E-state index in [9.17, 15) is 14.4 Å². The van der Waals surface area contributed by atoms with Gasteiger partial charge in [-0.05, 0) is 44.5 Å². The number of aryl methyl sites for hydroxylation is 1. The largest absolute Gasteiger partial charge is 0.465 e. The minimum atomic E-state index is -1.01. The normalized spacial score (nSPS) is 11.6. The molecule has 0 bridgehead atoms. The molecule has 0 saturated carbocycles. The van der Waals surface area contributed by atoms with Crippen LogP contribution in [-0.4, -0.2) is 50.0 Å². The first-order valence-electron chi connectivity index (χ1n) is 8.47. The average molecular weight is 372 g/mol. The summed E-state index contributed by atoms with van der Waals surface area (Å²) < 4.78 is 10.1. The number of nitrogens with zero attached hydrogens (tertiary/aromatic N) is 1. The number of anilines is 1. The maximum absolute atomic E-state index is 12.7. The summed E-state index contributed by atoms with van der Waals surface area (Å²) in [7, 11) is 5.01. The Hall–Kier alpha value is -3.09.